The van der Waals surface area contributed by atoms with E-state index in [-0.39, 0.29) is 6.09 Å². The number of thioether (sulfide) groups is 1. The quantitative estimate of drug-likeness (QED) is 0.808. The summed E-state index contributed by atoms with van der Waals surface area (Å²) in [6.07, 6.45) is 0.514. The van der Waals surface area contributed by atoms with E-state index < -0.39 is 5.60 Å². The summed E-state index contributed by atoms with van der Waals surface area (Å²) in [6.45, 7) is 10.2. The van der Waals surface area contributed by atoms with E-state index in [1.807, 2.05) is 32.5 Å². The van der Waals surface area contributed by atoms with Crippen molar-refractivity contribution in [3.05, 3.63) is 0 Å². The third-order valence-corrected chi connectivity index (χ3v) is 4.50. The summed E-state index contributed by atoms with van der Waals surface area (Å²) in [5.74, 6) is 2.33. The molecule has 20 heavy (non-hydrogen) atoms. The highest BCUT2D eigenvalue weighted by Crippen LogP contribution is 2.19. The molecular formula is C14H29N3O2S. The van der Waals surface area contributed by atoms with Gasteiger partial charge < -0.3 is 15.8 Å². The van der Waals surface area contributed by atoms with Gasteiger partial charge in [0.15, 0.2) is 0 Å². The van der Waals surface area contributed by atoms with Crippen LogP contribution >= 0.6 is 11.8 Å². The standard InChI is InChI=1S/C14H29N3O2S/c1-11-10-20-8-7-17(11)12(9-15)5-6-16-13(18)19-14(2,3)4/h11-12H,5-10,15H2,1-4H3,(H,16,18). The zero-order chi connectivity index (χ0) is 15.2. The average Bonchev–Trinajstić information content (AvgIpc) is 2.34. The molecule has 2 atom stereocenters. The highest BCUT2D eigenvalue weighted by Gasteiger charge is 2.25. The smallest absolute Gasteiger partial charge is 0.407 e. The summed E-state index contributed by atoms with van der Waals surface area (Å²) in [5.41, 5.74) is 5.44. The van der Waals surface area contributed by atoms with Crippen LogP contribution in [0.1, 0.15) is 34.1 Å². The summed E-state index contributed by atoms with van der Waals surface area (Å²) in [5, 5.41) is 2.81. The minimum absolute atomic E-state index is 0.334. The van der Waals surface area contributed by atoms with E-state index in [4.69, 9.17) is 10.5 Å². The van der Waals surface area contributed by atoms with E-state index in [9.17, 15) is 4.79 Å². The molecule has 1 aliphatic heterocycles. The maximum atomic E-state index is 11.6. The van der Waals surface area contributed by atoms with Crippen LogP contribution in [0.4, 0.5) is 4.79 Å². The predicted octanol–water partition coefficient (Wildman–Crippen LogP) is 1.67. The van der Waals surface area contributed by atoms with E-state index >= 15 is 0 Å². The molecule has 1 amide bonds. The van der Waals surface area contributed by atoms with Crippen molar-refractivity contribution in [1.29, 1.82) is 0 Å². The van der Waals surface area contributed by atoms with Gasteiger partial charge in [-0.25, -0.2) is 4.79 Å². The van der Waals surface area contributed by atoms with Crippen LogP contribution in [0.15, 0.2) is 0 Å². The van der Waals surface area contributed by atoms with E-state index in [2.05, 4.69) is 17.1 Å². The lowest BCUT2D eigenvalue weighted by molar-refractivity contribution is 0.0520. The van der Waals surface area contributed by atoms with Crippen molar-refractivity contribution >= 4 is 17.9 Å². The molecule has 0 radical (unpaired) electrons. The maximum absolute atomic E-state index is 11.6. The Kier molecular flexibility index (Phi) is 7.12. The number of carbonyl (C=O) groups is 1. The highest BCUT2D eigenvalue weighted by atomic mass is 32.2. The van der Waals surface area contributed by atoms with Gasteiger partial charge >= 0.3 is 6.09 Å². The van der Waals surface area contributed by atoms with Crippen LogP contribution in [0.3, 0.4) is 0 Å². The van der Waals surface area contributed by atoms with Crippen LogP contribution < -0.4 is 11.1 Å². The molecule has 5 nitrogen and oxygen atoms in total. The van der Waals surface area contributed by atoms with E-state index in [0.29, 0.717) is 25.2 Å². The molecule has 0 aromatic heterocycles. The van der Waals surface area contributed by atoms with Crippen molar-refractivity contribution in [3.63, 3.8) is 0 Å². The minimum atomic E-state index is -0.448. The predicted molar refractivity (Wildman–Crippen MR) is 85.2 cm³/mol. The number of nitrogens with two attached hydrogens (primary N) is 1. The number of rotatable bonds is 5. The summed E-state index contributed by atoms with van der Waals surface area (Å²) in [7, 11) is 0. The molecule has 6 heteroatoms. The second-order valence-corrected chi connectivity index (χ2v) is 7.42. The van der Waals surface area contributed by atoms with Crippen molar-refractivity contribution in [2.24, 2.45) is 5.73 Å². The van der Waals surface area contributed by atoms with Gasteiger partial charge in [-0.1, -0.05) is 0 Å². The third-order valence-electron chi connectivity index (χ3n) is 3.31. The first-order valence-corrected chi connectivity index (χ1v) is 8.49. The van der Waals surface area contributed by atoms with Gasteiger partial charge in [0, 0.05) is 43.2 Å². The number of carbonyl (C=O) groups excluding carboxylic acids is 1. The van der Waals surface area contributed by atoms with Gasteiger partial charge in [-0.3, -0.25) is 4.90 Å². The third kappa shape index (κ3) is 6.33. The fourth-order valence-electron chi connectivity index (χ4n) is 2.36. The Morgan fingerprint density at radius 2 is 2.25 bits per heavy atom. The zero-order valence-corrected chi connectivity index (χ0v) is 14.0. The number of amides is 1. The van der Waals surface area contributed by atoms with E-state index in [0.717, 1.165) is 18.7 Å². The van der Waals surface area contributed by atoms with Gasteiger partial charge in [-0.2, -0.15) is 11.8 Å². The molecule has 1 heterocycles. The molecule has 0 aromatic carbocycles. The number of hydrogen-bond donors (Lipinski definition) is 2. The van der Waals surface area contributed by atoms with Crippen LogP contribution in [0.2, 0.25) is 0 Å². The van der Waals surface area contributed by atoms with Crippen molar-refractivity contribution in [1.82, 2.24) is 10.2 Å². The molecular weight excluding hydrogens is 274 g/mol. The Bertz CT molecular complexity index is 307. The van der Waals surface area contributed by atoms with Gasteiger partial charge in [0.2, 0.25) is 0 Å². The Morgan fingerprint density at radius 3 is 2.80 bits per heavy atom. The van der Waals surface area contributed by atoms with Gasteiger partial charge in [-0.15, -0.1) is 0 Å². The SMILES string of the molecule is CC1CSCCN1C(CN)CCNC(=O)OC(C)(C)C. The van der Waals surface area contributed by atoms with Gasteiger partial charge in [0.25, 0.3) is 0 Å². The molecule has 1 saturated heterocycles. The van der Waals surface area contributed by atoms with E-state index in [1.54, 1.807) is 0 Å². The highest BCUT2D eigenvalue weighted by molar-refractivity contribution is 7.99. The molecule has 0 saturated carbocycles. The maximum Gasteiger partial charge on any atom is 0.407 e. The molecule has 3 N–H and O–H groups in total. The topological polar surface area (TPSA) is 67.6 Å². The van der Waals surface area contributed by atoms with Gasteiger partial charge in [-0.05, 0) is 34.1 Å². The summed E-state index contributed by atoms with van der Waals surface area (Å²) >= 11 is 2.00. The fourth-order valence-corrected chi connectivity index (χ4v) is 3.40. The zero-order valence-electron chi connectivity index (χ0n) is 13.1. The molecule has 1 aliphatic rings. The lowest BCUT2D eigenvalue weighted by Gasteiger charge is -2.39. The Labute approximate surface area is 127 Å². The molecule has 1 fully saturated rings. The monoisotopic (exact) mass is 303 g/mol. The molecule has 0 aliphatic carbocycles. The average molecular weight is 303 g/mol. The Morgan fingerprint density at radius 1 is 1.55 bits per heavy atom. The lowest BCUT2D eigenvalue weighted by atomic mass is 10.1. The molecule has 1 rings (SSSR count). The second-order valence-electron chi connectivity index (χ2n) is 6.27. The van der Waals surface area contributed by atoms with Crippen LogP contribution in [0, 0.1) is 0 Å². The van der Waals surface area contributed by atoms with Crippen LogP contribution in [0.5, 0.6) is 0 Å². The van der Waals surface area contributed by atoms with Crippen LogP contribution in [-0.4, -0.2) is 59.8 Å². The Balaban J connectivity index is 2.32. The van der Waals surface area contributed by atoms with Crippen LogP contribution in [0.25, 0.3) is 0 Å². The summed E-state index contributed by atoms with van der Waals surface area (Å²) in [6, 6.07) is 0.893. The summed E-state index contributed by atoms with van der Waals surface area (Å²) < 4.78 is 5.22. The lowest BCUT2D eigenvalue weighted by Crippen LogP contribution is -2.51. The number of nitrogens with one attached hydrogen (secondary N) is 1. The normalized spacial score (nSPS) is 22.4. The number of ether oxygens (including phenoxy) is 1. The van der Waals surface area contributed by atoms with Crippen molar-refractivity contribution < 1.29 is 9.53 Å². The first kappa shape index (κ1) is 17.6. The van der Waals surface area contributed by atoms with Gasteiger partial charge in [0.05, 0.1) is 0 Å². The van der Waals surface area contributed by atoms with Crippen LogP contribution in [-0.2, 0) is 4.74 Å². The van der Waals surface area contributed by atoms with Crippen molar-refractivity contribution in [2.75, 3.05) is 31.1 Å². The Hall–Kier alpha value is -0.460. The number of nitrogens with zero attached hydrogens (tertiary/aromatic N) is 1. The second kappa shape index (κ2) is 8.10. The largest absolute Gasteiger partial charge is 0.444 e. The van der Waals surface area contributed by atoms with E-state index in [1.165, 1.54) is 5.75 Å². The first-order valence-electron chi connectivity index (χ1n) is 7.34. The minimum Gasteiger partial charge on any atom is -0.444 e. The van der Waals surface area contributed by atoms with Gasteiger partial charge in [0.1, 0.15) is 5.60 Å². The first-order chi connectivity index (χ1) is 9.33. The number of alkyl carbamates (subject to hydrolysis) is 1. The van der Waals surface area contributed by atoms with Crippen molar-refractivity contribution in [2.45, 2.75) is 51.8 Å². The fraction of sp³-hybridized carbons (Fsp3) is 0.929. The molecule has 118 valence electrons. The number of hydrogen-bond acceptors (Lipinski definition) is 5. The molecule has 0 aromatic rings. The van der Waals surface area contributed by atoms with Crippen molar-refractivity contribution in [3.8, 4) is 0 Å². The molecule has 0 bridgehead atoms. The molecule has 0 spiro atoms. The molecule has 2 unspecified atom stereocenters. The summed E-state index contributed by atoms with van der Waals surface area (Å²) in [4.78, 5) is 14.1.